The third kappa shape index (κ3) is 2.50. The van der Waals surface area contributed by atoms with E-state index in [1.807, 2.05) is 23.1 Å². The number of hydrogen-bond donors (Lipinski definition) is 1. The fourth-order valence-corrected chi connectivity index (χ4v) is 2.38. The largest absolute Gasteiger partial charge is 0.320 e. The number of fused-ring (bicyclic) bond motifs is 1. The van der Waals surface area contributed by atoms with Crippen LogP contribution in [0.15, 0.2) is 24.3 Å². The summed E-state index contributed by atoms with van der Waals surface area (Å²) in [6.45, 7) is 4.94. The van der Waals surface area contributed by atoms with E-state index in [4.69, 9.17) is 5.73 Å². The Balaban J connectivity index is 2.12. The summed E-state index contributed by atoms with van der Waals surface area (Å²) < 4.78 is 0. The van der Waals surface area contributed by atoms with Gasteiger partial charge in [-0.3, -0.25) is 4.79 Å². The highest BCUT2D eigenvalue weighted by atomic mass is 16.2. The topological polar surface area (TPSA) is 46.3 Å². The van der Waals surface area contributed by atoms with E-state index in [-0.39, 0.29) is 11.9 Å². The molecular formula is C14H20N2O. The maximum Gasteiger partial charge on any atom is 0.243 e. The van der Waals surface area contributed by atoms with Gasteiger partial charge in [0.05, 0.1) is 6.04 Å². The number of rotatable bonds is 3. The first-order valence-electron chi connectivity index (χ1n) is 6.24. The van der Waals surface area contributed by atoms with Gasteiger partial charge in [-0.2, -0.15) is 0 Å². The Kier molecular flexibility index (Phi) is 3.48. The molecule has 2 N–H and O–H groups in total. The minimum atomic E-state index is -0.374. The average molecular weight is 232 g/mol. The minimum Gasteiger partial charge on any atom is -0.320 e. The van der Waals surface area contributed by atoms with E-state index in [2.05, 4.69) is 19.9 Å². The molecule has 1 atom stereocenters. The number of carbonyl (C=O) groups is 1. The van der Waals surface area contributed by atoms with Crippen LogP contribution in [0.2, 0.25) is 0 Å². The summed E-state index contributed by atoms with van der Waals surface area (Å²) in [5.74, 6) is 0.510. The third-order valence-electron chi connectivity index (χ3n) is 3.20. The van der Waals surface area contributed by atoms with Crippen molar-refractivity contribution in [2.24, 2.45) is 11.7 Å². The lowest BCUT2D eigenvalue weighted by Gasteiger charge is -2.22. The van der Waals surface area contributed by atoms with E-state index in [1.54, 1.807) is 0 Å². The summed E-state index contributed by atoms with van der Waals surface area (Å²) in [5, 5.41) is 0. The van der Waals surface area contributed by atoms with Gasteiger partial charge < -0.3 is 10.6 Å². The van der Waals surface area contributed by atoms with Crippen LogP contribution in [0.3, 0.4) is 0 Å². The third-order valence-corrected chi connectivity index (χ3v) is 3.20. The van der Waals surface area contributed by atoms with E-state index in [9.17, 15) is 4.79 Å². The van der Waals surface area contributed by atoms with Crippen molar-refractivity contribution in [1.29, 1.82) is 0 Å². The molecule has 0 saturated heterocycles. The monoisotopic (exact) mass is 232 g/mol. The van der Waals surface area contributed by atoms with Crippen molar-refractivity contribution in [3.05, 3.63) is 29.8 Å². The molecule has 0 aliphatic carbocycles. The van der Waals surface area contributed by atoms with E-state index in [1.165, 1.54) is 5.56 Å². The molecule has 0 bridgehead atoms. The SMILES string of the molecule is CC(C)C[C@@H](N)C(=O)N1CCc2ccccc21. The standard InChI is InChI=1S/C14H20N2O/c1-10(2)9-12(15)14(17)16-8-7-11-5-3-4-6-13(11)16/h3-6,10,12H,7-9,15H2,1-2H3/t12-/m1/s1. The fourth-order valence-electron chi connectivity index (χ4n) is 2.38. The first-order valence-corrected chi connectivity index (χ1v) is 6.24. The summed E-state index contributed by atoms with van der Waals surface area (Å²) in [4.78, 5) is 14.1. The smallest absolute Gasteiger partial charge is 0.243 e. The van der Waals surface area contributed by atoms with Gasteiger partial charge in [0, 0.05) is 12.2 Å². The number of carbonyl (C=O) groups excluding carboxylic acids is 1. The molecule has 0 fully saturated rings. The van der Waals surface area contributed by atoms with Gasteiger partial charge in [0.15, 0.2) is 0 Å². The summed E-state index contributed by atoms with van der Waals surface area (Å²) in [6.07, 6.45) is 1.69. The van der Waals surface area contributed by atoms with Gasteiger partial charge in [-0.15, -0.1) is 0 Å². The van der Waals surface area contributed by atoms with Crippen molar-refractivity contribution in [3.63, 3.8) is 0 Å². The Morgan fingerprint density at radius 2 is 2.12 bits per heavy atom. The molecule has 0 unspecified atom stereocenters. The Hall–Kier alpha value is -1.35. The van der Waals surface area contributed by atoms with Crippen molar-refractivity contribution in [2.75, 3.05) is 11.4 Å². The van der Waals surface area contributed by atoms with Gasteiger partial charge in [-0.1, -0.05) is 32.0 Å². The molecule has 0 saturated carbocycles. The highest BCUT2D eigenvalue weighted by Gasteiger charge is 2.28. The zero-order valence-electron chi connectivity index (χ0n) is 10.5. The Morgan fingerprint density at radius 1 is 1.41 bits per heavy atom. The zero-order chi connectivity index (χ0) is 12.4. The van der Waals surface area contributed by atoms with Crippen LogP contribution in [0.5, 0.6) is 0 Å². The Morgan fingerprint density at radius 3 is 2.82 bits per heavy atom. The first-order chi connectivity index (χ1) is 8.09. The number of amides is 1. The molecule has 0 aromatic heterocycles. The summed E-state index contributed by atoms with van der Waals surface area (Å²) in [5.41, 5.74) is 8.25. The van der Waals surface area contributed by atoms with Gasteiger partial charge in [0.25, 0.3) is 0 Å². The van der Waals surface area contributed by atoms with Gasteiger partial charge >= 0.3 is 0 Å². The Bertz CT molecular complexity index is 414. The van der Waals surface area contributed by atoms with Crippen molar-refractivity contribution in [3.8, 4) is 0 Å². The van der Waals surface area contributed by atoms with Crippen LogP contribution in [0, 0.1) is 5.92 Å². The summed E-state index contributed by atoms with van der Waals surface area (Å²) in [7, 11) is 0. The molecule has 1 aromatic rings. The second-order valence-electron chi connectivity index (χ2n) is 5.10. The van der Waals surface area contributed by atoms with E-state index >= 15 is 0 Å². The molecule has 1 aromatic carbocycles. The molecular weight excluding hydrogens is 212 g/mol. The molecule has 92 valence electrons. The van der Waals surface area contributed by atoms with Crippen LogP contribution >= 0.6 is 0 Å². The highest BCUT2D eigenvalue weighted by molar-refractivity contribution is 5.98. The zero-order valence-corrected chi connectivity index (χ0v) is 10.5. The van der Waals surface area contributed by atoms with Crippen molar-refractivity contribution < 1.29 is 4.79 Å². The van der Waals surface area contributed by atoms with E-state index in [0.29, 0.717) is 5.92 Å². The van der Waals surface area contributed by atoms with Crippen LogP contribution in [-0.2, 0) is 11.2 Å². The molecule has 17 heavy (non-hydrogen) atoms. The number of nitrogens with two attached hydrogens (primary N) is 1. The lowest BCUT2D eigenvalue weighted by atomic mass is 10.0. The molecule has 0 radical (unpaired) electrons. The molecule has 1 aliphatic rings. The van der Waals surface area contributed by atoms with Gasteiger partial charge in [-0.25, -0.2) is 0 Å². The van der Waals surface area contributed by atoms with Crippen LogP contribution in [0.25, 0.3) is 0 Å². The quantitative estimate of drug-likeness (QED) is 0.865. The predicted octanol–water partition coefficient (Wildman–Crippen LogP) is 1.95. The van der Waals surface area contributed by atoms with Crippen molar-refractivity contribution in [2.45, 2.75) is 32.7 Å². The number of benzene rings is 1. The second kappa shape index (κ2) is 4.88. The van der Waals surface area contributed by atoms with Gasteiger partial charge in [-0.05, 0) is 30.4 Å². The van der Waals surface area contributed by atoms with E-state index in [0.717, 1.165) is 25.1 Å². The molecule has 1 aliphatic heterocycles. The second-order valence-corrected chi connectivity index (χ2v) is 5.10. The number of hydrogen-bond acceptors (Lipinski definition) is 2. The summed E-state index contributed by atoms with van der Waals surface area (Å²) >= 11 is 0. The summed E-state index contributed by atoms with van der Waals surface area (Å²) in [6, 6.07) is 7.69. The van der Waals surface area contributed by atoms with Crippen LogP contribution in [0.1, 0.15) is 25.8 Å². The van der Waals surface area contributed by atoms with Crippen molar-refractivity contribution >= 4 is 11.6 Å². The fraction of sp³-hybridized carbons (Fsp3) is 0.500. The molecule has 1 heterocycles. The molecule has 2 rings (SSSR count). The maximum absolute atomic E-state index is 12.2. The average Bonchev–Trinajstić information content (AvgIpc) is 2.70. The lowest BCUT2D eigenvalue weighted by Crippen LogP contribution is -2.43. The van der Waals surface area contributed by atoms with Crippen LogP contribution in [0.4, 0.5) is 5.69 Å². The normalized spacial score (nSPS) is 16.1. The minimum absolute atomic E-state index is 0.0589. The van der Waals surface area contributed by atoms with Gasteiger partial charge in [0.1, 0.15) is 0 Å². The number of anilines is 1. The van der Waals surface area contributed by atoms with E-state index < -0.39 is 0 Å². The highest BCUT2D eigenvalue weighted by Crippen LogP contribution is 2.28. The molecule has 3 heteroatoms. The van der Waals surface area contributed by atoms with Crippen LogP contribution in [-0.4, -0.2) is 18.5 Å². The molecule has 3 nitrogen and oxygen atoms in total. The lowest BCUT2D eigenvalue weighted by molar-refractivity contribution is -0.120. The number of para-hydroxylation sites is 1. The van der Waals surface area contributed by atoms with Gasteiger partial charge in [0.2, 0.25) is 5.91 Å². The molecule has 1 amide bonds. The maximum atomic E-state index is 12.2. The number of nitrogens with zero attached hydrogens (tertiary/aromatic N) is 1. The Labute approximate surface area is 103 Å². The predicted molar refractivity (Wildman–Crippen MR) is 69.9 cm³/mol. The first kappa shape index (κ1) is 12.1. The molecule has 0 spiro atoms. The van der Waals surface area contributed by atoms with Crippen molar-refractivity contribution in [1.82, 2.24) is 0 Å². The van der Waals surface area contributed by atoms with Crippen LogP contribution < -0.4 is 10.6 Å².